The number of carbonyl (C=O) groups is 1. The van der Waals surface area contributed by atoms with E-state index in [-0.39, 0.29) is 12.2 Å². The Morgan fingerprint density at radius 3 is 2.53 bits per heavy atom. The van der Waals surface area contributed by atoms with E-state index in [1.165, 1.54) is 6.92 Å². The molecule has 1 unspecified atom stereocenters. The maximum atomic E-state index is 10.9. The number of aliphatic hydroxyl groups is 1. The lowest BCUT2D eigenvalue weighted by atomic mass is 10.4. The average molecular weight is 218 g/mol. The van der Waals surface area contributed by atoms with Gasteiger partial charge in [0.05, 0.1) is 13.2 Å². The molecule has 1 N–H and O–H groups in total. The molecule has 0 aliphatic carbocycles. The molecular weight excluding hydrogens is 200 g/mol. The largest absolute Gasteiger partial charge is 0.430 e. The van der Waals surface area contributed by atoms with Crippen LogP contribution in [0.25, 0.3) is 0 Å². The van der Waals surface area contributed by atoms with Crippen molar-refractivity contribution in [2.24, 2.45) is 0 Å². The van der Waals surface area contributed by atoms with Crippen molar-refractivity contribution < 1.29 is 24.1 Å². The fourth-order valence-corrected chi connectivity index (χ4v) is 0.705. The summed E-state index contributed by atoms with van der Waals surface area (Å²) in [5.74, 6) is -0.629. The number of hydrogen-bond acceptors (Lipinski definition) is 5. The third-order valence-electron chi connectivity index (χ3n) is 1.43. The van der Waals surface area contributed by atoms with E-state index >= 15 is 0 Å². The van der Waals surface area contributed by atoms with Gasteiger partial charge in [-0.2, -0.15) is 0 Å². The van der Waals surface area contributed by atoms with Crippen molar-refractivity contribution in [2.45, 2.75) is 20.1 Å². The van der Waals surface area contributed by atoms with Crippen LogP contribution in [0, 0.1) is 0 Å². The Labute approximate surface area is 89.6 Å². The molecule has 0 aliphatic rings. The Kier molecular flexibility index (Phi) is 7.89. The van der Waals surface area contributed by atoms with Gasteiger partial charge in [-0.3, -0.25) is 0 Å². The summed E-state index contributed by atoms with van der Waals surface area (Å²) in [5, 5.41) is 9.18. The molecule has 15 heavy (non-hydrogen) atoms. The number of aliphatic hydroxyl groups excluding tert-OH is 1. The van der Waals surface area contributed by atoms with E-state index in [1.807, 2.05) is 6.92 Å². The summed E-state index contributed by atoms with van der Waals surface area (Å²) in [6.45, 7) is 8.14. The molecule has 0 aromatic rings. The molecule has 0 aromatic carbocycles. The first-order valence-electron chi connectivity index (χ1n) is 4.78. The number of ether oxygens (including phenoxy) is 3. The van der Waals surface area contributed by atoms with Crippen molar-refractivity contribution >= 4 is 5.97 Å². The molecule has 0 aromatic heterocycles. The lowest BCUT2D eigenvalue weighted by Crippen LogP contribution is -2.24. The van der Waals surface area contributed by atoms with Gasteiger partial charge in [0.15, 0.2) is 0 Å². The third kappa shape index (κ3) is 8.11. The van der Waals surface area contributed by atoms with E-state index in [1.54, 1.807) is 0 Å². The Hall–Kier alpha value is -0.910. The first-order valence-corrected chi connectivity index (χ1v) is 4.78. The van der Waals surface area contributed by atoms with Gasteiger partial charge in [0.25, 0.3) is 0 Å². The number of esters is 1. The summed E-state index contributed by atoms with van der Waals surface area (Å²) >= 11 is 0. The van der Waals surface area contributed by atoms with Crippen LogP contribution in [0.1, 0.15) is 13.8 Å². The van der Waals surface area contributed by atoms with Crippen molar-refractivity contribution in [1.29, 1.82) is 0 Å². The minimum Gasteiger partial charge on any atom is -0.430 e. The molecule has 0 rings (SSSR count). The van der Waals surface area contributed by atoms with Gasteiger partial charge in [-0.05, 0) is 13.8 Å². The van der Waals surface area contributed by atoms with E-state index in [2.05, 4.69) is 11.3 Å². The molecule has 0 bridgehead atoms. The van der Waals surface area contributed by atoms with Crippen LogP contribution >= 0.6 is 0 Å². The molecule has 88 valence electrons. The van der Waals surface area contributed by atoms with Crippen LogP contribution in [0.2, 0.25) is 0 Å². The van der Waals surface area contributed by atoms with Crippen molar-refractivity contribution in [1.82, 2.24) is 0 Å². The molecule has 5 heteroatoms. The second-order valence-corrected chi connectivity index (χ2v) is 2.91. The minimum absolute atomic E-state index is 0.0634. The quantitative estimate of drug-likeness (QED) is 0.278. The number of rotatable bonds is 8. The fourth-order valence-electron chi connectivity index (χ4n) is 0.705. The summed E-state index contributed by atoms with van der Waals surface area (Å²) in [5.41, 5.74) is 0.239. The minimum atomic E-state index is -1.25. The molecular formula is C10H18O5. The van der Waals surface area contributed by atoms with Crippen LogP contribution in [-0.4, -0.2) is 43.8 Å². The van der Waals surface area contributed by atoms with Crippen molar-refractivity contribution in [2.75, 3.05) is 26.4 Å². The Morgan fingerprint density at radius 2 is 2.00 bits per heavy atom. The zero-order valence-electron chi connectivity index (χ0n) is 9.19. The Balaban J connectivity index is 3.45. The van der Waals surface area contributed by atoms with Crippen LogP contribution < -0.4 is 0 Å². The Morgan fingerprint density at radius 1 is 1.40 bits per heavy atom. The topological polar surface area (TPSA) is 65.0 Å². The molecule has 0 saturated heterocycles. The SMILES string of the molecule is C=C(C)C(=O)OC(O)COCCOCC. The second-order valence-electron chi connectivity index (χ2n) is 2.91. The van der Waals surface area contributed by atoms with Crippen molar-refractivity contribution in [3.8, 4) is 0 Å². The monoisotopic (exact) mass is 218 g/mol. The fraction of sp³-hybridized carbons (Fsp3) is 0.700. The smallest absolute Gasteiger partial charge is 0.335 e. The lowest BCUT2D eigenvalue weighted by molar-refractivity contribution is -0.173. The molecule has 0 amide bonds. The zero-order valence-corrected chi connectivity index (χ0v) is 9.19. The zero-order chi connectivity index (χ0) is 11.7. The van der Waals surface area contributed by atoms with Crippen molar-refractivity contribution in [3.05, 3.63) is 12.2 Å². The predicted molar refractivity (Wildman–Crippen MR) is 54.2 cm³/mol. The molecule has 1 atom stereocenters. The van der Waals surface area contributed by atoms with Gasteiger partial charge in [-0.25, -0.2) is 4.79 Å². The molecule has 0 heterocycles. The summed E-state index contributed by atoms with van der Waals surface area (Å²) in [6.07, 6.45) is -1.25. The number of carbonyl (C=O) groups excluding carboxylic acids is 1. The maximum Gasteiger partial charge on any atom is 0.335 e. The summed E-state index contributed by atoms with van der Waals surface area (Å²) in [6, 6.07) is 0. The predicted octanol–water partition coefficient (Wildman–Crippen LogP) is 0.477. The average Bonchev–Trinajstić information content (AvgIpc) is 2.17. The highest BCUT2D eigenvalue weighted by Crippen LogP contribution is 1.96. The summed E-state index contributed by atoms with van der Waals surface area (Å²) in [7, 11) is 0. The molecule has 0 aliphatic heterocycles. The molecule has 0 fully saturated rings. The van der Waals surface area contributed by atoms with Crippen LogP contribution in [0.15, 0.2) is 12.2 Å². The van der Waals surface area contributed by atoms with E-state index < -0.39 is 12.3 Å². The molecule has 0 radical (unpaired) electrons. The van der Waals surface area contributed by atoms with Gasteiger partial charge in [0.1, 0.15) is 6.61 Å². The first kappa shape index (κ1) is 14.1. The molecule has 0 spiro atoms. The van der Waals surface area contributed by atoms with Crippen LogP contribution in [0.4, 0.5) is 0 Å². The summed E-state index contributed by atoms with van der Waals surface area (Å²) in [4.78, 5) is 10.9. The van der Waals surface area contributed by atoms with Gasteiger partial charge in [-0.15, -0.1) is 0 Å². The van der Waals surface area contributed by atoms with Crippen molar-refractivity contribution in [3.63, 3.8) is 0 Å². The summed E-state index contributed by atoms with van der Waals surface area (Å²) < 4.78 is 14.6. The molecule has 5 nitrogen and oxygen atoms in total. The normalized spacial score (nSPS) is 12.2. The van der Waals surface area contributed by atoms with Gasteiger partial charge < -0.3 is 19.3 Å². The van der Waals surface area contributed by atoms with Crippen LogP contribution in [-0.2, 0) is 19.0 Å². The lowest BCUT2D eigenvalue weighted by Gasteiger charge is -2.12. The van der Waals surface area contributed by atoms with Crippen LogP contribution in [0.5, 0.6) is 0 Å². The number of hydrogen-bond donors (Lipinski definition) is 1. The van der Waals surface area contributed by atoms with Gasteiger partial charge in [0.2, 0.25) is 6.29 Å². The van der Waals surface area contributed by atoms with Crippen LogP contribution in [0.3, 0.4) is 0 Å². The second kappa shape index (κ2) is 8.40. The van der Waals surface area contributed by atoms with E-state index in [0.717, 1.165) is 0 Å². The van der Waals surface area contributed by atoms with E-state index in [4.69, 9.17) is 9.47 Å². The highest BCUT2D eigenvalue weighted by molar-refractivity contribution is 5.86. The first-order chi connectivity index (χ1) is 7.07. The Bertz CT molecular complexity index is 202. The highest BCUT2D eigenvalue weighted by Gasteiger charge is 2.11. The standard InChI is InChI=1S/C10H18O5/c1-4-13-5-6-14-7-9(11)15-10(12)8(2)3/h9,11H,2,4-7H2,1,3H3. The maximum absolute atomic E-state index is 10.9. The highest BCUT2D eigenvalue weighted by atomic mass is 16.7. The van der Waals surface area contributed by atoms with E-state index in [0.29, 0.717) is 19.8 Å². The van der Waals surface area contributed by atoms with Gasteiger partial charge in [-0.1, -0.05) is 6.58 Å². The van der Waals surface area contributed by atoms with Gasteiger partial charge >= 0.3 is 5.97 Å². The van der Waals surface area contributed by atoms with E-state index in [9.17, 15) is 9.90 Å². The third-order valence-corrected chi connectivity index (χ3v) is 1.43. The van der Waals surface area contributed by atoms with Gasteiger partial charge in [0, 0.05) is 12.2 Å². The molecule has 0 saturated carbocycles.